The number of carboxylic acid groups (broad SMARTS) is 1. The number of aliphatic carboxylic acids is 1. The maximum Gasteiger partial charge on any atom is 0.334 e. The second kappa shape index (κ2) is 7.07. The van der Waals surface area contributed by atoms with E-state index in [-0.39, 0.29) is 12.5 Å². The lowest BCUT2D eigenvalue weighted by molar-refractivity contribution is -0.159. The van der Waals surface area contributed by atoms with Crippen molar-refractivity contribution in [3.8, 4) is 0 Å². The highest BCUT2D eigenvalue weighted by atomic mass is 16.5. The standard InChI is InChI=1S/C15H25NO4/c1-11(12-5-3-2-4-6-12)9-14(17)16-7-8-20-13(10-16)15(18)19/h11-13H,2-10H2,1H3,(H,18,19). The molecular weight excluding hydrogens is 258 g/mol. The average Bonchev–Trinajstić information content (AvgIpc) is 2.48. The molecule has 5 heteroatoms. The van der Waals surface area contributed by atoms with Crippen LogP contribution in [0.5, 0.6) is 0 Å². The summed E-state index contributed by atoms with van der Waals surface area (Å²) in [6.45, 7) is 3.18. The maximum atomic E-state index is 12.3. The van der Waals surface area contributed by atoms with E-state index in [9.17, 15) is 9.59 Å². The van der Waals surface area contributed by atoms with Gasteiger partial charge in [0.05, 0.1) is 13.2 Å². The largest absolute Gasteiger partial charge is 0.479 e. The van der Waals surface area contributed by atoms with Gasteiger partial charge in [-0.05, 0) is 11.8 Å². The minimum absolute atomic E-state index is 0.0811. The molecular formula is C15H25NO4. The van der Waals surface area contributed by atoms with Crippen LogP contribution in [0, 0.1) is 11.8 Å². The molecule has 2 fully saturated rings. The molecule has 114 valence electrons. The monoisotopic (exact) mass is 283 g/mol. The van der Waals surface area contributed by atoms with Gasteiger partial charge in [0.2, 0.25) is 5.91 Å². The number of rotatable bonds is 4. The fourth-order valence-corrected chi connectivity index (χ4v) is 3.30. The molecule has 1 aliphatic heterocycles. The van der Waals surface area contributed by atoms with Gasteiger partial charge in [0.1, 0.15) is 0 Å². The van der Waals surface area contributed by atoms with Gasteiger partial charge in [-0.2, -0.15) is 0 Å². The van der Waals surface area contributed by atoms with Crippen LogP contribution in [0.2, 0.25) is 0 Å². The van der Waals surface area contributed by atoms with Gasteiger partial charge >= 0.3 is 5.97 Å². The van der Waals surface area contributed by atoms with E-state index in [2.05, 4.69) is 6.92 Å². The SMILES string of the molecule is CC(CC(=O)N1CCOC(C(=O)O)C1)C1CCCCC1. The fraction of sp³-hybridized carbons (Fsp3) is 0.867. The zero-order chi connectivity index (χ0) is 14.5. The molecule has 2 atom stereocenters. The van der Waals surface area contributed by atoms with Crippen molar-refractivity contribution in [3.05, 3.63) is 0 Å². The predicted octanol–water partition coefficient (Wildman–Crippen LogP) is 1.90. The summed E-state index contributed by atoms with van der Waals surface area (Å²) < 4.78 is 5.15. The topological polar surface area (TPSA) is 66.8 Å². The second-order valence-corrected chi connectivity index (χ2v) is 6.12. The molecule has 0 aromatic heterocycles. The number of carbonyl (C=O) groups excluding carboxylic acids is 1. The summed E-state index contributed by atoms with van der Waals surface area (Å²) in [7, 11) is 0. The van der Waals surface area contributed by atoms with Crippen LogP contribution >= 0.6 is 0 Å². The summed E-state index contributed by atoms with van der Waals surface area (Å²) in [6.07, 6.45) is 6.02. The molecule has 5 nitrogen and oxygen atoms in total. The molecule has 1 saturated heterocycles. The van der Waals surface area contributed by atoms with Crippen molar-refractivity contribution < 1.29 is 19.4 Å². The molecule has 0 spiro atoms. The molecule has 2 aliphatic rings. The van der Waals surface area contributed by atoms with Gasteiger partial charge in [-0.1, -0.05) is 39.0 Å². The van der Waals surface area contributed by atoms with E-state index < -0.39 is 12.1 Å². The first-order valence-corrected chi connectivity index (χ1v) is 7.70. The Morgan fingerprint density at radius 2 is 2.00 bits per heavy atom. The number of nitrogens with zero attached hydrogens (tertiary/aromatic N) is 1. The van der Waals surface area contributed by atoms with Gasteiger partial charge < -0.3 is 14.7 Å². The van der Waals surface area contributed by atoms with Gasteiger partial charge in [-0.3, -0.25) is 4.79 Å². The molecule has 0 aromatic carbocycles. The molecule has 1 saturated carbocycles. The molecule has 0 radical (unpaired) electrons. The minimum atomic E-state index is -0.983. The Balaban J connectivity index is 1.82. The van der Waals surface area contributed by atoms with Crippen molar-refractivity contribution in [2.24, 2.45) is 11.8 Å². The Bertz CT molecular complexity index is 352. The van der Waals surface area contributed by atoms with Crippen LogP contribution < -0.4 is 0 Å². The third kappa shape index (κ3) is 3.95. The zero-order valence-corrected chi connectivity index (χ0v) is 12.2. The summed E-state index contributed by atoms with van der Waals surface area (Å²) in [5, 5.41) is 8.96. The summed E-state index contributed by atoms with van der Waals surface area (Å²) in [6, 6.07) is 0. The van der Waals surface area contributed by atoms with Crippen LogP contribution in [0.3, 0.4) is 0 Å². The van der Waals surface area contributed by atoms with Gasteiger partial charge in [0, 0.05) is 13.0 Å². The van der Waals surface area contributed by atoms with Crippen LogP contribution in [0.25, 0.3) is 0 Å². The Hall–Kier alpha value is -1.10. The highest BCUT2D eigenvalue weighted by molar-refractivity contribution is 5.78. The second-order valence-electron chi connectivity index (χ2n) is 6.12. The van der Waals surface area contributed by atoms with E-state index in [1.165, 1.54) is 32.1 Å². The third-order valence-corrected chi connectivity index (χ3v) is 4.65. The van der Waals surface area contributed by atoms with Crippen molar-refractivity contribution in [3.63, 3.8) is 0 Å². The summed E-state index contributed by atoms with van der Waals surface area (Å²) in [5.74, 6) is 0.151. The van der Waals surface area contributed by atoms with Crippen LogP contribution in [-0.4, -0.2) is 47.7 Å². The normalized spacial score (nSPS) is 26.2. The number of hydrogen-bond acceptors (Lipinski definition) is 3. The molecule has 0 bridgehead atoms. The van der Waals surface area contributed by atoms with Crippen molar-refractivity contribution in [1.82, 2.24) is 4.90 Å². The third-order valence-electron chi connectivity index (χ3n) is 4.65. The first-order chi connectivity index (χ1) is 9.58. The highest BCUT2D eigenvalue weighted by Gasteiger charge is 2.30. The summed E-state index contributed by atoms with van der Waals surface area (Å²) >= 11 is 0. The predicted molar refractivity (Wildman–Crippen MR) is 74.3 cm³/mol. The first kappa shape index (κ1) is 15.3. The number of hydrogen-bond donors (Lipinski definition) is 1. The fourth-order valence-electron chi connectivity index (χ4n) is 3.30. The van der Waals surface area contributed by atoms with E-state index in [0.29, 0.717) is 31.4 Å². The highest BCUT2D eigenvalue weighted by Crippen LogP contribution is 2.31. The molecule has 1 amide bonds. The van der Waals surface area contributed by atoms with E-state index in [4.69, 9.17) is 9.84 Å². The molecule has 1 aliphatic carbocycles. The van der Waals surface area contributed by atoms with Gasteiger partial charge in [0.15, 0.2) is 6.10 Å². The van der Waals surface area contributed by atoms with Crippen molar-refractivity contribution in [1.29, 1.82) is 0 Å². The smallest absolute Gasteiger partial charge is 0.334 e. The Kier molecular flexibility index (Phi) is 5.40. The minimum Gasteiger partial charge on any atom is -0.479 e. The van der Waals surface area contributed by atoms with Crippen LogP contribution in [0.1, 0.15) is 45.4 Å². The first-order valence-electron chi connectivity index (χ1n) is 7.70. The van der Waals surface area contributed by atoms with Crippen LogP contribution in [-0.2, 0) is 14.3 Å². The molecule has 0 aromatic rings. The lowest BCUT2D eigenvalue weighted by Gasteiger charge is -2.33. The molecule has 2 rings (SSSR count). The van der Waals surface area contributed by atoms with Gasteiger partial charge in [-0.25, -0.2) is 4.79 Å². The van der Waals surface area contributed by atoms with Crippen molar-refractivity contribution >= 4 is 11.9 Å². The maximum absolute atomic E-state index is 12.3. The lowest BCUT2D eigenvalue weighted by Crippen LogP contribution is -2.49. The zero-order valence-electron chi connectivity index (χ0n) is 12.2. The lowest BCUT2D eigenvalue weighted by atomic mass is 9.79. The van der Waals surface area contributed by atoms with E-state index >= 15 is 0 Å². The van der Waals surface area contributed by atoms with E-state index in [0.717, 1.165) is 0 Å². The number of carboxylic acids is 1. The number of carbonyl (C=O) groups is 2. The number of ether oxygens (including phenoxy) is 1. The quantitative estimate of drug-likeness (QED) is 0.855. The van der Waals surface area contributed by atoms with Crippen LogP contribution in [0.15, 0.2) is 0 Å². The molecule has 1 N–H and O–H groups in total. The summed E-state index contributed by atoms with van der Waals surface area (Å²) in [5.41, 5.74) is 0. The molecule has 2 unspecified atom stereocenters. The van der Waals surface area contributed by atoms with E-state index in [1.54, 1.807) is 4.90 Å². The van der Waals surface area contributed by atoms with Crippen LogP contribution in [0.4, 0.5) is 0 Å². The Labute approximate surface area is 120 Å². The van der Waals surface area contributed by atoms with Gasteiger partial charge in [-0.15, -0.1) is 0 Å². The van der Waals surface area contributed by atoms with Crippen molar-refractivity contribution in [2.45, 2.75) is 51.6 Å². The molecule has 20 heavy (non-hydrogen) atoms. The molecule has 1 heterocycles. The number of amides is 1. The van der Waals surface area contributed by atoms with Gasteiger partial charge in [0.25, 0.3) is 0 Å². The Morgan fingerprint density at radius 3 is 2.65 bits per heavy atom. The van der Waals surface area contributed by atoms with E-state index in [1.807, 2.05) is 0 Å². The van der Waals surface area contributed by atoms with Crippen molar-refractivity contribution in [2.75, 3.05) is 19.7 Å². The average molecular weight is 283 g/mol. The number of morpholine rings is 1. The summed E-state index contributed by atoms with van der Waals surface area (Å²) in [4.78, 5) is 24.9. The Morgan fingerprint density at radius 1 is 1.30 bits per heavy atom.